The van der Waals surface area contributed by atoms with E-state index < -0.39 is 0 Å². The monoisotopic (exact) mass is 429 g/mol. The number of amides is 1. The van der Waals surface area contributed by atoms with E-state index in [1.165, 1.54) is 11.3 Å². The van der Waals surface area contributed by atoms with Crippen LogP contribution in [0.2, 0.25) is 0 Å². The topological polar surface area (TPSA) is 54.5 Å². The van der Waals surface area contributed by atoms with Gasteiger partial charge in [-0.15, -0.1) is 0 Å². The lowest BCUT2D eigenvalue weighted by molar-refractivity contribution is -0.132. The smallest absolute Gasteiger partial charge is 0.222 e. The molecular formula is C24H35N3O4. The largest absolute Gasteiger partial charge is 0.378 e. The lowest BCUT2D eigenvalue weighted by atomic mass is 9.99. The van der Waals surface area contributed by atoms with Crippen molar-refractivity contribution in [1.82, 2.24) is 9.80 Å². The molecule has 5 rings (SSSR count). The maximum absolute atomic E-state index is 12.0. The number of para-hydroxylation sites is 1. The van der Waals surface area contributed by atoms with Crippen LogP contribution in [-0.2, 0) is 25.5 Å². The standard InChI is InChI=1S/C24H35N3O4/c28-23-6-3-9-27(23)17-21-7-8-24(31-21)18-25(10-13-30-19-24)16-20-4-1-2-5-22(20)26-11-14-29-15-12-26/h1-2,4-5,21H,3,6-19H2/t21-,24-/m1/s1. The second-order valence-electron chi connectivity index (χ2n) is 9.40. The molecule has 7 heteroatoms. The molecule has 0 N–H and O–H groups in total. The molecule has 0 aromatic heterocycles. The van der Waals surface area contributed by atoms with Crippen molar-refractivity contribution in [1.29, 1.82) is 0 Å². The van der Waals surface area contributed by atoms with Crippen LogP contribution in [0.5, 0.6) is 0 Å². The van der Waals surface area contributed by atoms with Gasteiger partial charge in [-0.1, -0.05) is 18.2 Å². The minimum Gasteiger partial charge on any atom is -0.378 e. The van der Waals surface area contributed by atoms with Gasteiger partial charge < -0.3 is 24.0 Å². The van der Waals surface area contributed by atoms with Gasteiger partial charge in [0.25, 0.3) is 0 Å². The third-order valence-corrected chi connectivity index (χ3v) is 7.10. The van der Waals surface area contributed by atoms with Gasteiger partial charge in [-0.3, -0.25) is 9.69 Å². The summed E-state index contributed by atoms with van der Waals surface area (Å²) in [5, 5.41) is 0. The number of carbonyl (C=O) groups is 1. The van der Waals surface area contributed by atoms with E-state index in [0.717, 1.165) is 84.9 Å². The van der Waals surface area contributed by atoms with Crippen LogP contribution in [0.25, 0.3) is 0 Å². The van der Waals surface area contributed by atoms with Crippen molar-refractivity contribution in [3.63, 3.8) is 0 Å². The normalized spacial score (nSPS) is 30.3. The minimum absolute atomic E-state index is 0.131. The van der Waals surface area contributed by atoms with Gasteiger partial charge in [0.15, 0.2) is 0 Å². The van der Waals surface area contributed by atoms with E-state index in [4.69, 9.17) is 14.2 Å². The Morgan fingerprint density at radius 3 is 2.71 bits per heavy atom. The molecule has 1 spiro atoms. The van der Waals surface area contributed by atoms with Crippen LogP contribution >= 0.6 is 0 Å². The van der Waals surface area contributed by atoms with E-state index in [1.807, 2.05) is 4.90 Å². The summed E-state index contributed by atoms with van der Waals surface area (Å²) in [7, 11) is 0. The SMILES string of the molecule is O=C1CCCN1C[C@H]1CC[C@@]2(COCCN(Cc3ccccc3N3CCOCC3)C2)O1. The maximum atomic E-state index is 12.0. The maximum Gasteiger partial charge on any atom is 0.222 e. The lowest BCUT2D eigenvalue weighted by Gasteiger charge is -2.34. The van der Waals surface area contributed by atoms with E-state index in [0.29, 0.717) is 13.0 Å². The first-order valence-corrected chi connectivity index (χ1v) is 11.9. The van der Waals surface area contributed by atoms with Crippen molar-refractivity contribution >= 4 is 11.6 Å². The van der Waals surface area contributed by atoms with Crippen LogP contribution < -0.4 is 4.90 Å². The number of ether oxygens (including phenoxy) is 3. The molecule has 4 saturated heterocycles. The fraction of sp³-hybridized carbons (Fsp3) is 0.708. The predicted molar refractivity (Wildman–Crippen MR) is 118 cm³/mol. The van der Waals surface area contributed by atoms with Crippen molar-refractivity contribution in [2.24, 2.45) is 0 Å². The highest BCUT2D eigenvalue weighted by atomic mass is 16.6. The van der Waals surface area contributed by atoms with E-state index in [2.05, 4.69) is 34.1 Å². The van der Waals surface area contributed by atoms with Crippen LogP contribution in [0.15, 0.2) is 24.3 Å². The van der Waals surface area contributed by atoms with Crippen molar-refractivity contribution in [3.05, 3.63) is 29.8 Å². The quantitative estimate of drug-likeness (QED) is 0.713. The number of anilines is 1. The van der Waals surface area contributed by atoms with Crippen LogP contribution in [0.4, 0.5) is 5.69 Å². The van der Waals surface area contributed by atoms with Gasteiger partial charge in [-0.2, -0.15) is 0 Å². The number of hydrogen-bond donors (Lipinski definition) is 0. The van der Waals surface area contributed by atoms with Gasteiger partial charge in [0.05, 0.1) is 32.5 Å². The molecule has 31 heavy (non-hydrogen) atoms. The molecule has 0 radical (unpaired) electrons. The first-order chi connectivity index (χ1) is 15.2. The highest BCUT2D eigenvalue weighted by Crippen LogP contribution is 2.35. The molecule has 4 aliphatic heterocycles. The molecule has 4 fully saturated rings. The number of benzene rings is 1. The zero-order valence-electron chi connectivity index (χ0n) is 18.5. The summed E-state index contributed by atoms with van der Waals surface area (Å²) in [6.45, 7) is 9.19. The molecule has 1 amide bonds. The molecule has 1 aromatic rings. The van der Waals surface area contributed by atoms with E-state index in [9.17, 15) is 4.79 Å². The summed E-state index contributed by atoms with van der Waals surface area (Å²) in [4.78, 5) is 19.0. The number of morpholine rings is 1. The van der Waals surface area contributed by atoms with E-state index in [1.54, 1.807) is 0 Å². The molecule has 4 aliphatic rings. The average Bonchev–Trinajstić information content (AvgIpc) is 3.32. The molecule has 170 valence electrons. The highest BCUT2D eigenvalue weighted by molar-refractivity contribution is 5.78. The Balaban J connectivity index is 1.25. The van der Waals surface area contributed by atoms with Crippen molar-refractivity contribution < 1.29 is 19.0 Å². The number of rotatable bonds is 5. The fourth-order valence-corrected chi connectivity index (χ4v) is 5.51. The summed E-state index contributed by atoms with van der Waals surface area (Å²) in [6, 6.07) is 8.75. The van der Waals surface area contributed by atoms with Gasteiger partial charge in [-0.05, 0) is 30.9 Å². The zero-order valence-corrected chi connectivity index (χ0v) is 18.5. The predicted octanol–water partition coefficient (Wildman–Crippen LogP) is 1.90. The van der Waals surface area contributed by atoms with Crippen LogP contribution in [0, 0.1) is 0 Å². The van der Waals surface area contributed by atoms with Gasteiger partial charge >= 0.3 is 0 Å². The third-order valence-electron chi connectivity index (χ3n) is 7.10. The van der Waals surface area contributed by atoms with Crippen LogP contribution in [-0.4, -0.2) is 93.1 Å². The summed E-state index contributed by atoms with van der Waals surface area (Å²) < 4.78 is 18.2. The molecule has 4 heterocycles. The third kappa shape index (κ3) is 4.90. The summed E-state index contributed by atoms with van der Waals surface area (Å²) in [5.41, 5.74) is 2.43. The van der Waals surface area contributed by atoms with Gasteiger partial charge in [-0.25, -0.2) is 0 Å². The van der Waals surface area contributed by atoms with Gasteiger partial charge in [0.1, 0.15) is 5.60 Å². The first kappa shape index (κ1) is 21.2. The minimum atomic E-state index is -0.252. The molecule has 7 nitrogen and oxygen atoms in total. The van der Waals surface area contributed by atoms with E-state index in [-0.39, 0.29) is 17.6 Å². The molecule has 2 atom stereocenters. The Morgan fingerprint density at radius 2 is 1.87 bits per heavy atom. The molecule has 0 bridgehead atoms. The van der Waals surface area contributed by atoms with Crippen molar-refractivity contribution in [2.45, 2.75) is 43.9 Å². The first-order valence-electron chi connectivity index (χ1n) is 11.9. The Morgan fingerprint density at radius 1 is 1.03 bits per heavy atom. The molecule has 0 unspecified atom stereocenters. The second kappa shape index (κ2) is 9.45. The van der Waals surface area contributed by atoms with Gasteiger partial charge in [0.2, 0.25) is 5.91 Å². The summed E-state index contributed by atoms with van der Waals surface area (Å²) >= 11 is 0. The summed E-state index contributed by atoms with van der Waals surface area (Å²) in [5.74, 6) is 0.281. The average molecular weight is 430 g/mol. The zero-order chi connectivity index (χ0) is 21.1. The molecule has 0 aliphatic carbocycles. The number of nitrogens with zero attached hydrogens (tertiary/aromatic N) is 3. The van der Waals surface area contributed by atoms with Crippen LogP contribution in [0.1, 0.15) is 31.2 Å². The molecular weight excluding hydrogens is 394 g/mol. The Labute approximate surface area is 185 Å². The molecule has 0 saturated carbocycles. The van der Waals surface area contributed by atoms with Gasteiger partial charge in [0, 0.05) is 57.9 Å². The Bertz CT molecular complexity index is 769. The Hall–Kier alpha value is -1.67. The summed E-state index contributed by atoms with van der Waals surface area (Å²) in [6.07, 6.45) is 3.81. The van der Waals surface area contributed by atoms with Crippen molar-refractivity contribution in [3.8, 4) is 0 Å². The lowest BCUT2D eigenvalue weighted by Crippen LogP contribution is -2.45. The number of likely N-dealkylation sites (tertiary alicyclic amines) is 1. The second-order valence-corrected chi connectivity index (χ2v) is 9.40. The van der Waals surface area contributed by atoms with Crippen molar-refractivity contribution in [2.75, 3.05) is 70.6 Å². The fourth-order valence-electron chi connectivity index (χ4n) is 5.51. The highest BCUT2D eigenvalue weighted by Gasteiger charge is 2.44. The number of carbonyl (C=O) groups excluding carboxylic acids is 1. The molecule has 1 aromatic carbocycles. The number of hydrogen-bond acceptors (Lipinski definition) is 6. The Kier molecular flexibility index (Phi) is 6.46. The van der Waals surface area contributed by atoms with E-state index >= 15 is 0 Å². The van der Waals surface area contributed by atoms with Crippen LogP contribution in [0.3, 0.4) is 0 Å².